The van der Waals surface area contributed by atoms with E-state index in [-0.39, 0.29) is 11.3 Å². The summed E-state index contributed by atoms with van der Waals surface area (Å²) in [7, 11) is 1.78. The number of fused-ring (bicyclic) bond motifs is 1. The maximum atomic E-state index is 13.2. The van der Waals surface area contributed by atoms with Crippen molar-refractivity contribution < 1.29 is 27.5 Å². The lowest BCUT2D eigenvalue weighted by molar-refractivity contribution is -0.137. The van der Waals surface area contributed by atoms with E-state index in [2.05, 4.69) is 26.3 Å². The Hall–Kier alpha value is -4.35. The highest BCUT2D eigenvalue weighted by molar-refractivity contribution is 6.31. The highest BCUT2D eigenvalue weighted by atomic mass is 35.5. The van der Waals surface area contributed by atoms with Gasteiger partial charge in [0, 0.05) is 36.6 Å². The minimum Gasteiger partial charge on any atom is -0.457 e. The molecule has 0 radical (unpaired) electrons. The van der Waals surface area contributed by atoms with E-state index >= 15 is 0 Å². The second-order valence-electron chi connectivity index (χ2n) is 8.33. The molecule has 12 heteroatoms. The first-order valence-electron chi connectivity index (χ1n) is 11.7. The summed E-state index contributed by atoms with van der Waals surface area (Å²) in [5, 5.41) is 11.7. The molecular formula is C27H23ClF3N5O3. The van der Waals surface area contributed by atoms with Crippen LogP contribution >= 0.6 is 11.6 Å². The smallest absolute Gasteiger partial charge is 0.417 e. The van der Waals surface area contributed by atoms with E-state index in [1.165, 1.54) is 12.3 Å². The molecule has 39 heavy (non-hydrogen) atoms. The number of rotatable bonds is 8. The summed E-state index contributed by atoms with van der Waals surface area (Å²) < 4.78 is 45.4. The van der Waals surface area contributed by atoms with Gasteiger partial charge in [-0.1, -0.05) is 23.7 Å². The normalized spacial score (nSPS) is 11.2. The van der Waals surface area contributed by atoms with Gasteiger partial charge in [0.15, 0.2) is 0 Å². The van der Waals surface area contributed by atoms with Crippen molar-refractivity contribution in [1.29, 1.82) is 0 Å². The Kier molecular flexibility index (Phi) is 8.52. The Morgan fingerprint density at radius 2 is 1.67 bits per heavy atom. The largest absolute Gasteiger partial charge is 0.457 e. The van der Waals surface area contributed by atoms with Crippen molar-refractivity contribution in [1.82, 2.24) is 15.6 Å². The molecular weight excluding hydrogens is 535 g/mol. The number of benzene rings is 3. The number of carbonyl (C=O) groups excluding carboxylic acids is 2. The Morgan fingerprint density at radius 1 is 0.897 bits per heavy atom. The van der Waals surface area contributed by atoms with Crippen molar-refractivity contribution >= 4 is 45.8 Å². The SMILES string of the molecule is CNCCNC(=O)Nc1cc(Oc2ccc3ccc(C(=O)Nc4ccc(Cl)c(C(F)(F)F)c4)cc3c2)ccn1. The molecule has 0 unspecified atom stereocenters. The lowest BCUT2D eigenvalue weighted by atomic mass is 10.1. The number of hydrogen-bond acceptors (Lipinski definition) is 5. The third-order valence-corrected chi connectivity index (χ3v) is 5.80. The highest BCUT2D eigenvalue weighted by Gasteiger charge is 2.33. The van der Waals surface area contributed by atoms with Crippen LogP contribution in [0.3, 0.4) is 0 Å². The van der Waals surface area contributed by atoms with Gasteiger partial charge in [0.1, 0.15) is 17.3 Å². The molecule has 8 nitrogen and oxygen atoms in total. The fourth-order valence-electron chi connectivity index (χ4n) is 3.59. The lowest BCUT2D eigenvalue weighted by Crippen LogP contribution is -2.34. The third-order valence-electron chi connectivity index (χ3n) is 5.47. The molecule has 0 saturated heterocycles. The van der Waals surface area contributed by atoms with Crippen LogP contribution in [0.1, 0.15) is 15.9 Å². The number of urea groups is 1. The number of aromatic nitrogens is 1. The molecule has 0 fully saturated rings. The van der Waals surface area contributed by atoms with Gasteiger partial charge in [-0.3, -0.25) is 10.1 Å². The molecule has 0 aliphatic rings. The molecule has 3 aromatic carbocycles. The molecule has 1 heterocycles. The summed E-state index contributed by atoms with van der Waals surface area (Å²) in [4.78, 5) is 28.8. The van der Waals surface area contributed by atoms with E-state index < -0.39 is 28.7 Å². The lowest BCUT2D eigenvalue weighted by Gasteiger charge is -2.12. The number of ether oxygens (including phenoxy) is 1. The summed E-state index contributed by atoms with van der Waals surface area (Å²) in [5.74, 6) is 0.594. The van der Waals surface area contributed by atoms with Crippen LogP contribution < -0.4 is 26.0 Å². The van der Waals surface area contributed by atoms with Crippen LogP contribution in [0.4, 0.5) is 29.5 Å². The first-order chi connectivity index (χ1) is 18.6. The summed E-state index contributed by atoms with van der Waals surface area (Å²) in [6.07, 6.45) is -3.16. The second-order valence-corrected chi connectivity index (χ2v) is 8.74. The monoisotopic (exact) mass is 557 g/mol. The molecule has 202 valence electrons. The zero-order valence-electron chi connectivity index (χ0n) is 20.5. The van der Waals surface area contributed by atoms with E-state index in [4.69, 9.17) is 16.3 Å². The molecule has 0 aliphatic carbocycles. The van der Waals surface area contributed by atoms with Gasteiger partial charge in [-0.15, -0.1) is 0 Å². The van der Waals surface area contributed by atoms with E-state index in [1.807, 2.05) is 0 Å². The summed E-state index contributed by atoms with van der Waals surface area (Å²) in [6.45, 7) is 1.07. The maximum absolute atomic E-state index is 13.2. The number of pyridine rings is 1. The van der Waals surface area contributed by atoms with Crippen molar-refractivity contribution in [3.05, 3.63) is 89.1 Å². The van der Waals surface area contributed by atoms with Gasteiger partial charge in [0.2, 0.25) is 0 Å². The number of hydrogen-bond donors (Lipinski definition) is 4. The summed E-state index contributed by atoms with van der Waals surface area (Å²) >= 11 is 5.66. The van der Waals surface area contributed by atoms with Crippen LogP contribution in [0.5, 0.6) is 11.5 Å². The minimum absolute atomic E-state index is 0.0354. The van der Waals surface area contributed by atoms with Crippen molar-refractivity contribution in [3.8, 4) is 11.5 Å². The molecule has 0 aliphatic heterocycles. The first kappa shape index (κ1) is 27.7. The summed E-state index contributed by atoms with van der Waals surface area (Å²) in [5.41, 5.74) is -0.833. The van der Waals surface area contributed by atoms with Gasteiger partial charge in [-0.05, 0) is 66.4 Å². The van der Waals surface area contributed by atoms with Gasteiger partial charge < -0.3 is 20.7 Å². The molecule has 0 bridgehead atoms. The number of nitrogens with zero attached hydrogens (tertiary/aromatic N) is 1. The van der Waals surface area contributed by atoms with Crippen LogP contribution in [-0.4, -0.2) is 37.1 Å². The van der Waals surface area contributed by atoms with Crippen LogP contribution in [0.25, 0.3) is 10.8 Å². The van der Waals surface area contributed by atoms with E-state index in [0.29, 0.717) is 35.8 Å². The Morgan fingerprint density at radius 3 is 2.44 bits per heavy atom. The number of nitrogens with one attached hydrogen (secondary N) is 4. The Balaban J connectivity index is 1.48. The predicted molar refractivity (Wildman–Crippen MR) is 144 cm³/mol. The molecule has 1 aromatic heterocycles. The molecule has 3 amide bonds. The number of carbonyl (C=O) groups is 2. The minimum atomic E-state index is -4.65. The molecule has 0 spiro atoms. The van der Waals surface area contributed by atoms with Crippen LogP contribution in [0.2, 0.25) is 5.02 Å². The third kappa shape index (κ3) is 7.37. The molecule has 4 aromatic rings. The van der Waals surface area contributed by atoms with Gasteiger partial charge in [0.25, 0.3) is 5.91 Å². The number of anilines is 2. The number of alkyl halides is 3. The predicted octanol–water partition coefficient (Wildman–Crippen LogP) is 6.29. The summed E-state index contributed by atoms with van der Waals surface area (Å²) in [6, 6.07) is 16.1. The fourth-order valence-corrected chi connectivity index (χ4v) is 3.82. The molecule has 4 N–H and O–H groups in total. The van der Waals surface area contributed by atoms with E-state index in [0.717, 1.165) is 17.5 Å². The van der Waals surface area contributed by atoms with Crippen molar-refractivity contribution in [2.45, 2.75) is 6.18 Å². The van der Waals surface area contributed by atoms with Crippen molar-refractivity contribution in [3.63, 3.8) is 0 Å². The zero-order valence-corrected chi connectivity index (χ0v) is 21.3. The fraction of sp³-hybridized carbons (Fsp3) is 0.148. The van der Waals surface area contributed by atoms with Crippen LogP contribution in [0, 0.1) is 0 Å². The topological polar surface area (TPSA) is 104 Å². The Labute approximate surface area is 226 Å². The van der Waals surface area contributed by atoms with Gasteiger partial charge in [-0.25, -0.2) is 9.78 Å². The van der Waals surface area contributed by atoms with Gasteiger partial charge in [0.05, 0.1) is 10.6 Å². The molecule has 0 atom stereocenters. The standard InChI is InChI=1S/C27H23ClF3N5O3/c1-32-10-11-34-26(38)36-24-15-21(8-9-33-24)39-20-6-4-16-2-3-17(12-18(16)13-20)25(37)35-19-5-7-23(28)22(14-19)27(29,30)31/h2-9,12-15,32H,10-11H2,1H3,(H,35,37)(H2,33,34,36,38). The average Bonchev–Trinajstić information content (AvgIpc) is 2.89. The average molecular weight is 558 g/mol. The first-order valence-corrected chi connectivity index (χ1v) is 12.1. The van der Waals surface area contributed by atoms with Crippen LogP contribution in [0.15, 0.2) is 72.9 Å². The van der Waals surface area contributed by atoms with Crippen molar-refractivity contribution in [2.75, 3.05) is 30.8 Å². The molecule has 0 saturated carbocycles. The quantitative estimate of drug-likeness (QED) is 0.191. The highest BCUT2D eigenvalue weighted by Crippen LogP contribution is 2.36. The number of amides is 3. The van der Waals surface area contributed by atoms with E-state index in [9.17, 15) is 22.8 Å². The van der Waals surface area contributed by atoms with Crippen molar-refractivity contribution in [2.24, 2.45) is 0 Å². The zero-order chi connectivity index (χ0) is 28.0. The maximum Gasteiger partial charge on any atom is 0.417 e. The van der Waals surface area contributed by atoms with Crippen LogP contribution in [-0.2, 0) is 6.18 Å². The second kappa shape index (κ2) is 12.0. The van der Waals surface area contributed by atoms with Gasteiger partial charge in [-0.2, -0.15) is 13.2 Å². The van der Waals surface area contributed by atoms with E-state index in [1.54, 1.807) is 55.6 Å². The number of likely N-dealkylation sites (N-methyl/N-ethyl adjacent to an activating group) is 1. The van der Waals surface area contributed by atoms with Gasteiger partial charge >= 0.3 is 12.2 Å². The number of halogens is 4. The Bertz CT molecular complexity index is 1510. The molecule has 4 rings (SSSR count).